The van der Waals surface area contributed by atoms with Crippen LogP contribution in [0.5, 0.6) is 0 Å². The Morgan fingerprint density at radius 2 is 2.00 bits per heavy atom. The van der Waals surface area contributed by atoms with Gasteiger partial charge in [-0.2, -0.15) is 0 Å². The number of carbonyl (C=O) groups is 1. The maximum absolute atomic E-state index is 12.1. The number of halogens is 1. The van der Waals surface area contributed by atoms with Gasteiger partial charge in [0, 0.05) is 18.8 Å². The van der Waals surface area contributed by atoms with Crippen LogP contribution in [0.1, 0.15) is 0 Å². The second-order valence-electron chi connectivity index (χ2n) is 4.91. The molecule has 24 heavy (non-hydrogen) atoms. The molecular formula is C16H14ClN5OS. The van der Waals surface area contributed by atoms with Crippen LogP contribution in [0.25, 0.3) is 11.4 Å². The molecule has 0 saturated carbocycles. The van der Waals surface area contributed by atoms with Gasteiger partial charge in [0.05, 0.1) is 11.4 Å². The lowest BCUT2D eigenvalue weighted by Crippen LogP contribution is -2.15. The van der Waals surface area contributed by atoms with Gasteiger partial charge in [-0.15, -0.1) is 10.2 Å². The van der Waals surface area contributed by atoms with Crippen LogP contribution in [0.3, 0.4) is 0 Å². The first-order chi connectivity index (χ1) is 11.6. The Bertz CT molecular complexity index is 853. The lowest BCUT2D eigenvalue weighted by atomic mass is 10.2. The standard InChI is InChI=1S/C16H14ClN5OS/c1-22-15(11-6-3-2-4-7-11)20-21-16(22)24-10-13(23)19-12-8-5-9-18-14(12)17/h2-9H,10H2,1H3,(H,19,23). The molecule has 1 amide bonds. The summed E-state index contributed by atoms with van der Waals surface area (Å²) in [6.45, 7) is 0. The van der Waals surface area contributed by atoms with Crippen LogP contribution in [0.15, 0.2) is 53.8 Å². The third kappa shape index (κ3) is 3.74. The summed E-state index contributed by atoms with van der Waals surface area (Å²) in [4.78, 5) is 16.0. The maximum atomic E-state index is 12.1. The largest absolute Gasteiger partial charge is 0.323 e. The van der Waals surface area contributed by atoms with Crippen LogP contribution in [0, 0.1) is 0 Å². The number of anilines is 1. The van der Waals surface area contributed by atoms with E-state index < -0.39 is 0 Å². The predicted octanol–water partition coefficient (Wildman–Crippen LogP) is 3.26. The average molecular weight is 360 g/mol. The molecular weight excluding hydrogens is 346 g/mol. The number of aromatic nitrogens is 4. The summed E-state index contributed by atoms with van der Waals surface area (Å²) >= 11 is 7.23. The zero-order valence-electron chi connectivity index (χ0n) is 12.8. The molecule has 0 aliphatic rings. The lowest BCUT2D eigenvalue weighted by molar-refractivity contribution is -0.113. The average Bonchev–Trinajstić information content (AvgIpc) is 2.97. The molecule has 8 heteroatoms. The molecule has 0 aliphatic carbocycles. The van der Waals surface area contributed by atoms with Crippen molar-refractivity contribution in [1.29, 1.82) is 0 Å². The second kappa shape index (κ2) is 7.46. The molecule has 122 valence electrons. The zero-order valence-corrected chi connectivity index (χ0v) is 14.4. The van der Waals surface area contributed by atoms with Gasteiger partial charge in [0.15, 0.2) is 16.1 Å². The van der Waals surface area contributed by atoms with E-state index in [0.717, 1.165) is 11.4 Å². The van der Waals surface area contributed by atoms with Gasteiger partial charge in [-0.25, -0.2) is 4.98 Å². The van der Waals surface area contributed by atoms with Crippen LogP contribution in [0.4, 0.5) is 5.69 Å². The van der Waals surface area contributed by atoms with E-state index in [2.05, 4.69) is 20.5 Å². The minimum absolute atomic E-state index is 0.181. The van der Waals surface area contributed by atoms with Crippen molar-refractivity contribution in [3.05, 3.63) is 53.8 Å². The fraction of sp³-hybridized carbons (Fsp3) is 0.125. The van der Waals surface area contributed by atoms with Gasteiger partial charge in [-0.05, 0) is 12.1 Å². The van der Waals surface area contributed by atoms with Crippen LogP contribution in [-0.4, -0.2) is 31.4 Å². The first-order valence-corrected chi connectivity index (χ1v) is 8.49. The minimum Gasteiger partial charge on any atom is -0.323 e. The first kappa shape index (κ1) is 16.5. The number of hydrogen-bond acceptors (Lipinski definition) is 5. The Morgan fingerprint density at radius 1 is 1.21 bits per heavy atom. The molecule has 0 saturated heterocycles. The molecule has 0 atom stereocenters. The molecule has 0 bridgehead atoms. The molecule has 0 unspecified atom stereocenters. The number of nitrogens with one attached hydrogen (secondary N) is 1. The summed E-state index contributed by atoms with van der Waals surface area (Å²) in [5.41, 5.74) is 1.47. The number of hydrogen-bond donors (Lipinski definition) is 1. The Morgan fingerprint density at radius 3 is 2.75 bits per heavy atom. The van der Waals surface area contributed by atoms with Crippen molar-refractivity contribution >= 4 is 35.0 Å². The van der Waals surface area contributed by atoms with Crippen molar-refractivity contribution in [2.45, 2.75) is 5.16 Å². The van der Waals surface area contributed by atoms with E-state index in [0.29, 0.717) is 10.8 Å². The fourth-order valence-corrected chi connectivity index (χ4v) is 2.95. The van der Waals surface area contributed by atoms with E-state index in [4.69, 9.17) is 11.6 Å². The predicted molar refractivity (Wildman–Crippen MR) is 95.0 cm³/mol. The van der Waals surface area contributed by atoms with Gasteiger partial charge in [0.25, 0.3) is 0 Å². The van der Waals surface area contributed by atoms with Crippen molar-refractivity contribution in [3.8, 4) is 11.4 Å². The summed E-state index contributed by atoms with van der Waals surface area (Å²) < 4.78 is 1.87. The van der Waals surface area contributed by atoms with E-state index in [-0.39, 0.29) is 16.8 Å². The SMILES string of the molecule is Cn1c(SCC(=O)Nc2cccnc2Cl)nnc1-c1ccccc1. The minimum atomic E-state index is -0.181. The van der Waals surface area contributed by atoms with Crippen molar-refractivity contribution in [1.82, 2.24) is 19.7 Å². The summed E-state index contributed by atoms with van der Waals surface area (Å²) in [5, 5.41) is 12.0. The quantitative estimate of drug-likeness (QED) is 0.559. The van der Waals surface area contributed by atoms with Gasteiger partial charge in [0.2, 0.25) is 5.91 Å². The molecule has 0 radical (unpaired) electrons. The number of amides is 1. The van der Waals surface area contributed by atoms with E-state index in [1.165, 1.54) is 11.8 Å². The first-order valence-electron chi connectivity index (χ1n) is 7.13. The molecule has 1 N–H and O–H groups in total. The van der Waals surface area contributed by atoms with Crippen molar-refractivity contribution < 1.29 is 4.79 Å². The molecule has 6 nitrogen and oxygen atoms in total. The van der Waals surface area contributed by atoms with E-state index in [1.807, 2.05) is 41.9 Å². The summed E-state index contributed by atoms with van der Waals surface area (Å²) in [6.07, 6.45) is 1.57. The Hall–Kier alpha value is -2.38. The second-order valence-corrected chi connectivity index (χ2v) is 6.21. The van der Waals surface area contributed by atoms with Crippen LogP contribution >= 0.6 is 23.4 Å². The topological polar surface area (TPSA) is 72.7 Å². The number of pyridine rings is 1. The van der Waals surface area contributed by atoms with Gasteiger partial charge < -0.3 is 9.88 Å². The van der Waals surface area contributed by atoms with Crippen molar-refractivity contribution in [2.24, 2.45) is 7.05 Å². The number of benzene rings is 1. The van der Waals surface area contributed by atoms with Crippen molar-refractivity contribution in [3.63, 3.8) is 0 Å². The van der Waals surface area contributed by atoms with Gasteiger partial charge >= 0.3 is 0 Å². The van der Waals surface area contributed by atoms with E-state index in [1.54, 1.807) is 18.3 Å². The van der Waals surface area contributed by atoms with Crippen molar-refractivity contribution in [2.75, 3.05) is 11.1 Å². The zero-order chi connectivity index (χ0) is 16.9. The van der Waals surface area contributed by atoms with E-state index >= 15 is 0 Å². The Labute approximate surface area is 148 Å². The van der Waals surface area contributed by atoms with Gasteiger partial charge in [0.1, 0.15) is 0 Å². The number of nitrogens with zero attached hydrogens (tertiary/aromatic N) is 4. The van der Waals surface area contributed by atoms with Crippen LogP contribution < -0.4 is 5.32 Å². The summed E-state index contributed by atoms with van der Waals surface area (Å²) in [5.74, 6) is 0.777. The maximum Gasteiger partial charge on any atom is 0.234 e. The normalized spacial score (nSPS) is 10.6. The number of rotatable bonds is 5. The molecule has 0 spiro atoms. The highest BCUT2D eigenvalue weighted by Crippen LogP contribution is 2.23. The highest BCUT2D eigenvalue weighted by Gasteiger charge is 2.13. The fourth-order valence-electron chi connectivity index (χ4n) is 2.07. The third-order valence-electron chi connectivity index (χ3n) is 3.23. The molecule has 3 aromatic rings. The Kier molecular flexibility index (Phi) is 5.12. The molecule has 2 heterocycles. The Balaban J connectivity index is 1.64. The highest BCUT2D eigenvalue weighted by molar-refractivity contribution is 7.99. The van der Waals surface area contributed by atoms with Gasteiger partial charge in [-0.1, -0.05) is 53.7 Å². The molecule has 1 aromatic carbocycles. The third-order valence-corrected chi connectivity index (χ3v) is 4.55. The number of carbonyl (C=O) groups excluding carboxylic acids is 1. The monoisotopic (exact) mass is 359 g/mol. The number of thioether (sulfide) groups is 1. The van der Waals surface area contributed by atoms with E-state index in [9.17, 15) is 4.79 Å². The van der Waals surface area contributed by atoms with Gasteiger partial charge in [-0.3, -0.25) is 4.79 Å². The molecule has 3 rings (SSSR count). The highest BCUT2D eigenvalue weighted by atomic mass is 35.5. The lowest BCUT2D eigenvalue weighted by Gasteiger charge is -2.06. The molecule has 2 aromatic heterocycles. The smallest absolute Gasteiger partial charge is 0.234 e. The molecule has 0 fully saturated rings. The van der Waals surface area contributed by atoms with Crippen LogP contribution in [-0.2, 0) is 11.8 Å². The summed E-state index contributed by atoms with van der Waals surface area (Å²) in [7, 11) is 1.88. The van der Waals surface area contributed by atoms with Crippen LogP contribution in [0.2, 0.25) is 5.15 Å². The molecule has 0 aliphatic heterocycles. The summed E-state index contributed by atoms with van der Waals surface area (Å²) in [6, 6.07) is 13.2.